The lowest BCUT2D eigenvalue weighted by Gasteiger charge is -2.06. The summed E-state index contributed by atoms with van der Waals surface area (Å²) in [5, 5.41) is 2.05. The van der Waals surface area contributed by atoms with Gasteiger partial charge in [-0.15, -0.1) is 0 Å². The van der Waals surface area contributed by atoms with E-state index >= 15 is 0 Å². The van der Waals surface area contributed by atoms with Crippen LogP contribution in [0.25, 0.3) is 0 Å². The van der Waals surface area contributed by atoms with Crippen LogP contribution in [-0.4, -0.2) is 11.0 Å². The monoisotopic (exact) mass is 211 g/mol. The molecule has 2 nitrogen and oxygen atoms in total. The van der Waals surface area contributed by atoms with Crippen molar-refractivity contribution in [2.75, 3.05) is 6.61 Å². The molecule has 0 aliphatic carbocycles. The molecule has 1 N–H and O–H groups in total. The highest BCUT2D eigenvalue weighted by Gasteiger charge is 1.97. The fourth-order valence-electron chi connectivity index (χ4n) is 1.06. The lowest BCUT2D eigenvalue weighted by molar-refractivity contribution is 0.320. The molecule has 0 aliphatic rings. The van der Waals surface area contributed by atoms with Crippen LogP contribution in [0, 0.1) is 5.82 Å². The lowest BCUT2D eigenvalue weighted by atomic mass is 10.3. The Balaban J connectivity index is 1.79. The van der Waals surface area contributed by atoms with Gasteiger partial charge in [0, 0.05) is 17.5 Å². The normalized spacial score (nSPS) is 10.4. The first-order valence-corrected chi connectivity index (χ1v) is 5.21. The van der Waals surface area contributed by atoms with E-state index in [0.717, 1.165) is 6.42 Å². The molecule has 0 radical (unpaired) electrons. The summed E-state index contributed by atoms with van der Waals surface area (Å²) in [6.07, 6.45) is 0.865. The minimum absolute atomic E-state index is 0.239. The van der Waals surface area contributed by atoms with Crippen LogP contribution in [0.2, 0.25) is 0 Å². The molecule has 1 aromatic carbocycles. The van der Waals surface area contributed by atoms with Crippen molar-refractivity contribution in [3.05, 3.63) is 41.2 Å². The van der Waals surface area contributed by atoms with Gasteiger partial charge in [-0.05, 0) is 24.3 Å². The SMILES string of the molecule is Fc1ccc(OCCc2cs[nH]2)cc1. The number of halogens is 1. The third-order valence-corrected chi connectivity index (χ3v) is 2.63. The Hall–Kier alpha value is -1.29. The van der Waals surface area contributed by atoms with E-state index in [2.05, 4.69) is 4.37 Å². The summed E-state index contributed by atoms with van der Waals surface area (Å²) >= 11 is 1.58. The van der Waals surface area contributed by atoms with Gasteiger partial charge >= 0.3 is 0 Å². The zero-order chi connectivity index (χ0) is 9.80. The molecule has 0 saturated carbocycles. The van der Waals surface area contributed by atoms with E-state index in [-0.39, 0.29) is 5.82 Å². The van der Waals surface area contributed by atoms with Gasteiger partial charge < -0.3 is 9.11 Å². The second-order valence-electron chi connectivity index (χ2n) is 2.92. The summed E-state index contributed by atoms with van der Waals surface area (Å²) in [5.74, 6) is 0.469. The van der Waals surface area contributed by atoms with E-state index in [1.807, 2.05) is 5.38 Å². The van der Waals surface area contributed by atoms with Gasteiger partial charge in [-0.2, -0.15) is 0 Å². The van der Waals surface area contributed by atoms with Gasteiger partial charge in [-0.25, -0.2) is 4.39 Å². The molecule has 0 fully saturated rings. The molecule has 74 valence electrons. The van der Waals surface area contributed by atoms with Gasteiger partial charge in [0.2, 0.25) is 0 Å². The van der Waals surface area contributed by atoms with Crippen molar-refractivity contribution in [2.24, 2.45) is 0 Å². The van der Waals surface area contributed by atoms with Crippen LogP contribution in [0.3, 0.4) is 0 Å². The molecule has 0 bridgehead atoms. The standard InChI is InChI=1S/C10H10FNOS/c11-8-1-3-10(4-2-8)13-6-5-9-7-14-12-9/h1-4,7,12H,5-6H2. The van der Waals surface area contributed by atoms with Crippen molar-refractivity contribution < 1.29 is 9.13 Å². The summed E-state index contributed by atoms with van der Waals surface area (Å²) in [5.41, 5.74) is 1.19. The van der Waals surface area contributed by atoms with E-state index in [4.69, 9.17) is 4.74 Å². The predicted octanol–water partition coefficient (Wildman–Crippen LogP) is 2.84. The Morgan fingerprint density at radius 2 is 2.00 bits per heavy atom. The second kappa shape index (κ2) is 4.28. The molecular formula is C10H10FNOS. The van der Waals surface area contributed by atoms with Crippen LogP contribution in [0.5, 0.6) is 5.75 Å². The van der Waals surface area contributed by atoms with Crippen LogP contribution in [0.4, 0.5) is 4.39 Å². The molecule has 0 unspecified atom stereocenters. The average Bonchev–Trinajstić information content (AvgIpc) is 2.12. The Morgan fingerprint density at radius 3 is 2.57 bits per heavy atom. The van der Waals surface area contributed by atoms with Gasteiger partial charge in [-0.1, -0.05) is 11.5 Å². The molecule has 14 heavy (non-hydrogen) atoms. The van der Waals surface area contributed by atoms with E-state index in [1.54, 1.807) is 23.7 Å². The Bertz CT molecular complexity index is 370. The van der Waals surface area contributed by atoms with Crippen molar-refractivity contribution in [3.63, 3.8) is 0 Å². The highest BCUT2D eigenvalue weighted by molar-refractivity contribution is 7.04. The number of hydrogen-bond donors (Lipinski definition) is 1. The molecule has 2 aromatic rings. The van der Waals surface area contributed by atoms with Gasteiger partial charge in [-0.3, -0.25) is 0 Å². The molecule has 0 atom stereocenters. The summed E-state index contributed by atoms with van der Waals surface area (Å²) in [7, 11) is 0. The third kappa shape index (κ3) is 2.35. The maximum Gasteiger partial charge on any atom is 0.123 e. The predicted molar refractivity (Wildman–Crippen MR) is 54.3 cm³/mol. The molecule has 2 rings (SSSR count). The summed E-state index contributed by atoms with van der Waals surface area (Å²) in [4.78, 5) is 0. The fraction of sp³-hybridized carbons (Fsp3) is 0.200. The maximum atomic E-state index is 12.5. The van der Waals surface area contributed by atoms with E-state index < -0.39 is 0 Å². The van der Waals surface area contributed by atoms with Crippen LogP contribution in [0.1, 0.15) is 5.69 Å². The quantitative estimate of drug-likeness (QED) is 0.826. The van der Waals surface area contributed by atoms with Crippen molar-refractivity contribution >= 4 is 11.5 Å². The van der Waals surface area contributed by atoms with E-state index in [9.17, 15) is 4.39 Å². The van der Waals surface area contributed by atoms with Gasteiger partial charge in [0.15, 0.2) is 0 Å². The van der Waals surface area contributed by atoms with Crippen LogP contribution >= 0.6 is 11.5 Å². The van der Waals surface area contributed by atoms with Gasteiger partial charge in [0.1, 0.15) is 11.6 Å². The minimum atomic E-state index is -0.239. The molecule has 1 aromatic heterocycles. The van der Waals surface area contributed by atoms with E-state index in [0.29, 0.717) is 12.4 Å². The maximum absolute atomic E-state index is 12.5. The lowest BCUT2D eigenvalue weighted by Crippen LogP contribution is -2.03. The highest BCUT2D eigenvalue weighted by atomic mass is 32.1. The first kappa shape index (κ1) is 9.27. The molecule has 4 heteroatoms. The van der Waals surface area contributed by atoms with Crippen LogP contribution in [-0.2, 0) is 6.42 Å². The van der Waals surface area contributed by atoms with Crippen molar-refractivity contribution in [1.29, 1.82) is 0 Å². The van der Waals surface area contributed by atoms with Gasteiger partial charge in [0.05, 0.1) is 6.61 Å². The van der Waals surface area contributed by atoms with Crippen LogP contribution in [0.15, 0.2) is 29.6 Å². The number of rotatable bonds is 4. The zero-order valence-corrected chi connectivity index (χ0v) is 8.31. The van der Waals surface area contributed by atoms with Crippen LogP contribution < -0.4 is 4.74 Å². The van der Waals surface area contributed by atoms with Crippen molar-refractivity contribution in [2.45, 2.75) is 6.42 Å². The number of aromatic amines is 1. The highest BCUT2D eigenvalue weighted by Crippen LogP contribution is 2.12. The number of aromatic nitrogens is 1. The molecule has 0 aliphatic heterocycles. The smallest absolute Gasteiger partial charge is 0.123 e. The summed E-state index contributed by atoms with van der Waals surface area (Å²) in [6, 6.07) is 6.05. The number of nitrogens with one attached hydrogen (secondary N) is 1. The Kier molecular flexibility index (Phi) is 2.84. The molecule has 0 amide bonds. The topological polar surface area (TPSA) is 25.0 Å². The number of hydrogen-bond acceptors (Lipinski definition) is 2. The first-order chi connectivity index (χ1) is 6.84. The Morgan fingerprint density at radius 1 is 1.29 bits per heavy atom. The van der Waals surface area contributed by atoms with Crippen molar-refractivity contribution in [1.82, 2.24) is 4.37 Å². The minimum Gasteiger partial charge on any atom is -0.493 e. The Labute approximate surface area is 85.5 Å². The van der Waals surface area contributed by atoms with Crippen molar-refractivity contribution in [3.8, 4) is 5.75 Å². The summed E-state index contributed by atoms with van der Waals surface area (Å²) < 4.78 is 21.0. The van der Waals surface area contributed by atoms with Gasteiger partial charge in [0.25, 0.3) is 0 Å². The number of H-pyrrole nitrogens is 1. The molecule has 0 saturated heterocycles. The average molecular weight is 211 g/mol. The fourth-order valence-corrected chi connectivity index (χ4v) is 1.57. The molecular weight excluding hydrogens is 201 g/mol. The first-order valence-electron chi connectivity index (χ1n) is 4.34. The zero-order valence-electron chi connectivity index (χ0n) is 7.50. The molecule has 1 heterocycles. The van der Waals surface area contributed by atoms with E-state index in [1.165, 1.54) is 17.8 Å². The largest absolute Gasteiger partial charge is 0.493 e. The molecule has 0 spiro atoms. The summed E-state index contributed by atoms with van der Waals surface area (Å²) in [6.45, 7) is 0.616. The number of benzene rings is 1. The second-order valence-corrected chi connectivity index (χ2v) is 3.59. The third-order valence-electron chi connectivity index (χ3n) is 1.84. The number of ether oxygens (including phenoxy) is 1.